The molecule has 2 aromatic rings. The molecule has 1 fully saturated rings. The fourth-order valence-electron chi connectivity index (χ4n) is 2.90. The molecule has 1 unspecified atom stereocenters. The number of rotatable bonds is 8. The Hall–Kier alpha value is -3.25. The van der Waals surface area contributed by atoms with Gasteiger partial charge < -0.3 is 20.5 Å². The number of aryl methyl sites for hydroxylation is 1. The Balaban J connectivity index is 1.65. The van der Waals surface area contributed by atoms with Gasteiger partial charge in [-0.15, -0.1) is 10.2 Å². The van der Waals surface area contributed by atoms with Crippen molar-refractivity contribution in [3.05, 3.63) is 52.2 Å². The smallest absolute Gasteiger partial charge is 0.352 e. The predicted octanol–water partition coefficient (Wildman–Crippen LogP) is 1.50. The zero-order chi connectivity index (χ0) is 22.5. The van der Waals surface area contributed by atoms with Crippen molar-refractivity contribution < 1.29 is 24.7 Å². The number of carbonyl (C=O) groups excluding carboxylic acids is 2. The number of carboxylic acids is 1. The van der Waals surface area contributed by atoms with Crippen LogP contribution in [0.3, 0.4) is 0 Å². The highest BCUT2D eigenvalue weighted by Crippen LogP contribution is 2.27. The number of aromatic nitrogens is 2. The average Bonchev–Trinajstić information content (AvgIpc) is 3.17. The molecule has 1 aliphatic heterocycles. The normalized spacial score (nSPS) is 17.1. The number of benzene rings is 1. The van der Waals surface area contributed by atoms with Crippen LogP contribution in [0.2, 0.25) is 0 Å². The maximum absolute atomic E-state index is 12.6. The van der Waals surface area contributed by atoms with Gasteiger partial charge >= 0.3 is 5.97 Å². The third-order valence-electron chi connectivity index (χ3n) is 4.39. The molecule has 0 spiro atoms. The highest BCUT2D eigenvalue weighted by Gasteiger charge is 2.43. The fraction of sp³-hybridized carbons (Fsp3) is 0.263. The topological polar surface area (TPSA) is 145 Å². The van der Waals surface area contributed by atoms with Crippen molar-refractivity contribution in [2.75, 3.05) is 12.3 Å². The summed E-state index contributed by atoms with van der Waals surface area (Å²) in [6.07, 6.45) is 0. The van der Waals surface area contributed by atoms with Crippen LogP contribution in [0, 0.1) is 6.92 Å². The molecule has 3 rings (SSSR count). The van der Waals surface area contributed by atoms with Gasteiger partial charge in [0, 0.05) is 11.3 Å². The minimum atomic E-state index is -1.23. The average molecular weight is 462 g/mol. The molecule has 1 aromatic heterocycles. The molecule has 1 aliphatic rings. The number of hydrogen-bond acceptors (Lipinski definition) is 9. The van der Waals surface area contributed by atoms with Crippen molar-refractivity contribution in [1.29, 1.82) is 0 Å². The van der Waals surface area contributed by atoms with E-state index in [4.69, 9.17) is 0 Å². The SMILES string of the molecule is C/C(CSc1nnc(C)s1)=C(\C(=O)O)N1CC(NC(=O)/C(=N/O)c2ccccc2)C1=O. The van der Waals surface area contributed by atoms with E-state index in [9.17, 15) is 24.7 Å². The van der Waals surface area contributed by atoms with Crippen LogP contribution in [0.4, 0.5) is 0 Å². The molecule has 3 N–H and O–H groups in total. The third-order valence-corrected chi connectivity index (χ3v) is 6.54. The van der Waals surface area contributed by atoms with Crippen LogP contribution < -0.4 is 5.32 Å². The predicted molar refractivity (Wildman–Crippen MR) is 114 cm³/mol. The molecule has 1 saturated heterocycles. The van der Waals surface area contributed by atoms with Gasteiger partial charge in [0.25, 0.3) is 11.8 Å². The highest BCUT2D eigenvalue weighted by atomic mass is 32.2. The van der Waals surface area contributed by atoms with Crippen molar-refractivity contribution in [1.82, 2.24) is 20.4 Å². The van der Waals surface area contributed by atoms with Crippen molar-refractivity contribution in [3.63, 3.8) is 0 Å². The van der Waals surface area contributed by atoms with Crippen LogP contribution >= 0.6 is 23.1 Å². The van der Waals surface area contributed by atoms with Gasteiger partial charge in [-0.3, -0.25) is 9.59 Å². The van der Waals surface area contributed by atoms with E-state index in [1.54, 1.807) is 37.3 Å². The molecule has 1 aromatic carbocycles. The number of thioether (sulfide) groups is 1. The number of aliphatic carboxylic acids is 1. The molecular formula is C19H19N5O5S2. The number of amides is 2. The third kappa shape index (κ3) is 5.09. The monoisotopic (exact) mass is 461 g/mol. The minimum absolute atomic E-state index is 0.000370. The van der Waals surface area contributed by atoms with E-state index in [0.29, 0.717) is 21.2 Å². The maximum atomic E-state index is 12.6. The molecule has 2 heterocycles. The first-order valence-corrected chi connectivity index (χ1v) is 10.9. The second-order valence-electron chi connectivity index (χ2n) is 6.60. The highest BCUT2D eigenvalue weighted by molar-refractivity contribution is 8.01. The van der Waals surface area contributed by atoms with E-state index >= 15 is 0 Å². The Morgan fingerprint density at radius 3 is 2.58 bits per heavy atom. The van der Waals surface area contributed by atoms with Gasteiger partial charge in [0.2, 0.25) is 0 Å². The molecule has 162 valence electrons. The van der Waals surface area contributed by atoms with Crippen LogP contribution in [-0.2, 0) is 14.4 Å². The van der Waals surface area contributed by atoms with Gasteiger partial charge in [-0.2, -0.15) is 0 Å². The lowest BCUT2D eigenvalue weighted by Crippen LogP contribution is -2.64. The number of β-lactam (4-membered cyclic amide) rings is 1. The number of oxime groups is 1. The van der Waals surface area contributed by atoms with E-state index in [1.807, 2.05) is 6.92 Å². The molecule has 10 nitrogen and oxygen atoms in total. The second-order valence-corrected chi connectivity index (χ2v) is 9.00. The molecule has 2 amide bonds. The Bertz CT molecular complexity index is 1070. The summed E-state index contributed by atoms with van der Waals surface area (Å²) < 4.78 is 0.707. The second kappa shape index (κ2) is 9.71. The first kappa shape index (κ1) is 22.4. The van der Waals surface area contributed by atoms with Crippen molar-refractivity contribution in [2.24, 2.45) is 5.16 Å². The molecule has 1 atom stereocenters. The van der Waals surface area contributed by atoms with Crippen LogP contribution in [-0.4, -0.2) is 67.2 Å². The first-order chi connectivity index (χ1) is 14.8. The van der Waals surface area contributed by atoms with Crippen LogP contribution in [0.15, 0.2) is 51.1 Å². The van der Waals surface area contributed by atoms with E-state index in [0.717, 1.165) is 9.91 Å². The fourth-order valence-corrected chi connectivity index (χ4v) is 4.66. The van der Waals surface area contributed by atoms with E-state index < -0.39 is 23.8 Å². The lowest BCUT2D eigenvalue weighted by Gasteiger charge is -2.39. The summed E-state index contributed by atoms with van der Waals surface area (Å²) in [7, 11) is 0. The maximum Gasteiger partial charge on any atom is 0.352 e. The van der Waals surface area contributed by atoms with E-state index in [1.165, 1.54) is 23.1 Å². The van der Waals surface area contributed by atoms with Crippen LogP contribution in [0.25, 0.3) is 0 Å². The van der Waals surface area contributed by atoms with Crippen LogP contribution in [0.1, 0.15) is 17.5 Å². The molecule has 0 radical (unpaired) electrons. The minimum Gasteiger partial charge on any atom is -0.477 e. The number of nitrogens with one attached hydrogen (secondary N) is 1. The molecular weight excluding hydrogens is 442 g/mol. The summed E-state index contributed by atoms with van der Waals surface area (Å²) in [5.74, 6) is -2.18. The number of carbonyl (C=O) groups is 3. The lowest BCUT2D eigenvalue weighted by atomic mass is 10.0. The molecule has 0 aliphatic carbocycles. The van der Waals surface area contributed by atoms with Gasteiger partial charge in [-0.1, -0.05) is 58.6 Å². The molecule has 31 heavy (non-hydrogen) atoms. The van der Waals surface area contributed by atoms with Gasteiger partial charge in [0.15, 0.2) is 10.1 Å². The Morgan fingerprint density at radius 1 is 1.32 bits per heavy atom. The van der Waals surface area contributed by atoms with Gasteiger partial charge in [-0.05, 0) is 19.4 Å². The first-order valence-electron chi connectivity index (χ1n) is 9.07. The summed E-state index contributed by atoms with van der Waals surface area (Å²) in [6, 6.07) is 7.38. The Kier molecular flexibility index (Phi) is 7.02. The summed E-state index contributed by atoms with van der Waals surface area (Å²) in [5, 5.41) is 33.0. The number of likely N-dealkylation sites (tertiary alicyclic amines) is 1. The number of nitrogens with zero attached hydrogens (tertiary/aromatic N) is 4. The number of carboxylic acid groups (broad SMARTS) is 1. The standard InChI is InChI=1S/C19H19N5O5S2/c1-10(9-30-19-22-21-11(2)31-19)15(18(27)28)24-8-13(17(24)26)20-16(25)14(23-29)12-6-4-3-5-7-12/h3-7,13,29H,8-9H2,1-2H3,(H,20,25)(H,27,28)/b15-10-,23-14+. The van der Waals surface area contributed by atoms with Gasteiger partial charge in [0.1, 0.15) is 16.7 Å². The number of hydrogen-bond donors (Lipinski definition) is 3. The van der Waals surface area contributed by atoms with Crippen molar-refractivity contribution >= 4 is 46.6 Å². The Morgan fingerprint density at radius 2 is 2.03 bits per heavy atom. The van der Waals surface area contributed by atoms with Gasteiger partial charge in [-0.25, -0.2) is 4.79 Å². The quantitative estimate of drug-likeness (QED) is 0.134. The van der Waals surface area contributed by atoms with Crippen molar-refractivity contribution in [3.8, 4) is 0 Å². The lowest BCUT2D eigenvalue weighted by molar-refractivity contribution is -0.148. The van der Waals surface area contributed by atoms with Crippen LogP contribution in [0.5, 0.6) is 0 Å². The molecule has 12 heteroatoms. The zero-order valence-corrected chi connectivity index (χ0v) is 18.2. The molecule has 0 bridgehead atoms. The van der Waals surface area contributed by atoms with Gasteiger partial charge in [0.05, 0.1) is 6.54 Å². The largest absolute Gasteiger partial charge is 0.477 e. The Labute approximate surface area is 185 Å². The van der Waals surface area contributed by atoms with E-state index in [2.05, 4.69) is 20.7 Å². The summed E-state index contributed by atoms with van der Waals surface area (Å²) >= 11 is 2.74. The molecule has 0 saturated carbocycles. The summed E-state index contributed by atoms with van der Waals surface area (Å²) in [4.78, 5) is 37.9. The zero-order valence-electron chi connectivity index (χ0n) is 16.6. The van der Waals surface area contributed by atoms with E-state index in [-0.39, 0.29) is 18.0 Å². The summed E-state index contributed by atoms with van der Waals surface area (Å²) in [6.45, 7) is 3.46. The summed E-state index contributed by atoms with van der Waals surface area (Å²) in [5.41, 5.74) is 0.520. The van der Waals surface area contributed by atoms with Crippen molar-refractivity contribution in [2.45, 2.75) is 24.2 Å².